The number of hydrogen-bond donors (Lipinski definition) is 2. The molecule has 0 radical (unpaired) electrons. The summed E-state index contributed by atoms with van der Waals surface area (Å²) in [5, 5.41) is 3.49. The van der Waals surface area contributed by atoms with Gasteiger partial charge in [-0.15, -0.1) is 0 Å². The summed E-state index contributed by atoms with van der Waals surface area (Å²) in [6.07, 6.45) is 1.95. The molecule has 18 heavy (non-hydrogen) atoms. The van der Waals surface area contributed by atoms with Gasteiger partial charge < -0.3 is 10.5 Å². The quantitative estimate of drug-likeness (QED) is 0.876. The van der Waals surface area contributed by atoms with Crippen molar-refractivity contribution in [2.24, 2.45) is 5.73 Å². The van der Waals surface area contributed by atoms with E-state index in [4.69, 9.17) is 33.7 Å². The Balaban J connectivity index is 1.94. The van der Waals surface area contributed by atoms with Crippen molar-refractivity contribution < 1.29 is 9.53 Å². The van der Waals surface area contributed by atoms with E-state index in [-0.39, 0.29) is 12.1 Å². The fourth-order valence-electron chi connectivity index (χ4n) is 2.01. The zero-order valence-electron chi connectivity index (χ0n) is 9.66. The number of nitrogens with one attached hydrogen (secondary N) is 1. The molecular weight excluding hydrogens is 275 g/mol. The monoisotopic (exact) mass is 288 g/mol. The van der Waals surface area contributed by atoms with Crippen LogP contribution in [0.3, 0.4) is 0 Å². The van der Waals surface area contributed by atoms with E-state index in [0.29, 0.717) is 15.7 Å². The molecule has 1 aromatic carbocycles. The Morgan fingerprint density at radius 1 is 1.28 bits per heavy atom. The van der Waals surface area contributed by atoms with Gasteiger partial charge in [-0.05, 0) is 37.5 Å². The van der Waals surface area contributed by atoms with Crippen molar-refractivity contribution in [3.05, 3.63) is 28.2 Å². The minimum Gasteiger partial charge on any atom is -0.444 e. The largest absolute Gasteiger partial charge is 0.444 e. The van der Waals surface area contributed by atoms with Gasteiger partial charge in [0.1, 0.15) is 6.10 Å². The minimum absolute atomic E-state index is 0.0706. The molecule has 2 atom stereocenters. The Bertz CT molecular complexity index is 433. The predicted octanol–water partition coefficient (Wildman–Crippen LogP) is 3.42. The number of rotatable bonds is 2. The molecule has 1 aliphatic carbocycles. The molecule has 1 aliphatic rings. The van der Waals surface area contributed by atoms with Gasteiger partial charge in [0.2, 0.25) is 0 Å². The van der Waals surface area contributed by atoms with Crippen molar-refractivity contribution in [2.45, 2.75) is 31.4 Å². The maximum Gasteiger partial charge on any atom is 0.411 e. The number of carbonyl (C=O) groups excluding carboxylic acids is 1. The molecule has 6 heteroatoms. The summed E-state index contributed by atoms with van der Waals surface area (Å²) in [6, 6.07) is 4.72. The van der Waals surface area contributed by atoms with E-state index in [9.17, 15) is 4.79 Å². The van der Waals surface area contributed by atoms with E-state index in [1.54, 1.807) is 18.2 Å². The topological polar surface area (TPSA) is 64.3 Å². The minimum atomic E-state index is -0.532. The fraction of sp³-hybridized carbons (Fsp3) is 0.417. The molecule has 2 unspecified atom stereocenters. The van der Waals surface area contributed by atoms with Crippen molar-refractivity contribution in [2.75, 3.05) is 5.32 Å². The highest BCUT2D eigenvalue weighted by Crippen LogP contribution is 2.24. The zero-order chi connectivity index (χ0) is 13.1. The lowest BCUT2D eigenvalue weighted by molar-refractivity contribution is 0.105. The third-order valence-corrected chi connectivity index (χ3v) is 3.31. The van der Waals surface area contributed by atoms with E-state index in [1.165, 1.54) is 0 Å². The highest BCUT2D eigenvalue weighted by atomic mass is 35.5. The smallest absolute Gasteiger partial charge is 0.411 e. The standard InChI is InChI=1S/C12H14Cl2N2O2/c13-7-4-8(14)6-9(5-7)16-12(17)18-11-3-1-2-10(11)15/h4-6,10-11H,1-3,15H2,(H,16,17). The van der Waals surface area contributed by atoms with E-state index < -0.39 is 6.09 Å². The van der Waals surface area contributed by atoms with Crippen LogP contribution in [0.5, 0.6) is 0 Å². The van der Waals surface area contributed by atoms with Gasteiger partial charge in [0.15, 0.2) is 0 Å². The molecule has 1 saturated carbocycles. The number of anilines is 1. The third kappa shape index (κ3) is 3.51. The van der Waals surface area contributed by atoms with Crippen LogP contribution in [-0.2, 0) is 4.74 Å². The van der Waals surface area contributed by atoms with Crippen LogP contribution in [0.4, 0.5) is 10.5 Å². The maximum atomic E-state index is 11.7. The van der Waals surface area contributed by atoms with Crippen LogP contribution >= 0.6 is 23.2 Å². The molecule has 0 aliphatic heterocycles. The summed E-state index contributed by atoms with van der Waals surface area (Å²) in [6.45, 7) is 0. The first-order chi connectivity index (χ1) is 8.54. The average Bonchev–Trinajstić information content (AvgIpc) is 2.62. The van der Waals surface area contributed by atoms with Crippen LogP contribution in [0.2, 0.25) is 10.0 Å². The zero-order valence-corrected chi connectivity index (χ0v) is 11.2. The van der Waals surface area contributed by atoms with Crippen LogP contribution in [0.15, 0.2) is 18.2 Å². The molecular formula is C12H14Cl2N2O2. The second-order valence-electron chi connectivity index (χ2n) is 4.32. The van der Waals surface area contributed by atoms with Crippen LogP contribution in [0.1, 0.15) is 19.3 Å². The van der Waals surface area contributed by atoms with Gasteiger partial charge in [-0.1, -0.05) is 23.2 Å². The fourth-order valence-corrected chi connectivity index (χ4v) is 2.54. The number of amides is 1. The van der Waals surface area contributed by atoms with Gasteiger partial charge in [0, 0.05) is 21.8 Å². The van der Waals surface area contributed by atoms with E-state index in [1.807, 2.05) is 0 Å². The first-order valence-corrected chi connectivity index (χ1v) is 6.49. The Labute approximate surface area is 115 Å². The summed E-state index contributed by atoms with van der Waals surface area (Å²) in [7, 11) is 0. The van der Waals surface area contributed by atoms with Gasteiger partial charge in [-0.2, -0.15) is 0 Å². The number of halogens is 2. The Kier molecular flexibility index (Phi) is 4.32. The van der Waals surface area contributed by atoms with Crippen LogP contribution < -0.4 is 11.1 Å². The van der Waals surface area contributed by atoms with Gasteiger partial charge in [-0.25, -0.2) is 4.79 Å². The lowest BCUT2D eigenvalue weighted by Gasteiger charge is -2.16. The summed E-state index contributed by atoms with van der Waals surface area (Å²) in [5.74, 6) is 0. The number of nitrogens with two attached hydrogens (primary N) is 1. The molecule has 4 nitrogen and oxygen atoms in total. The molecule has 0 bridgehead atoms. The SMILES string of the molecule is NC1CCCC1OC(=O)Nc1cc(Cl)cc(Cl)c1. The maximum absolute atomic E-state index is 11.7. The summed E-state index contributed by atoms with van der Waals surface area (Å²) >= 11 is 11.7. The van der Waals surface area contributed by atoms with E-state index in [0.717, 1.165) is 19.3 Å². The van der Waals surface area contributed by atoms with Crippen LogP contribution in [0.25, 0.3) is 0 Å². The second kappa shape index (κ2) is 5.78. The average molecular weight is 289 g/mol. The Hall–Kier alpha value is -0.970. The predicted molar refractivity (Wildman–Crippen MR) is 72.2 cm³/mol. The number of ether oxygens (including phenoxy) is 1. The molecule has 1 aromatic rings. The van der Waals surface area contributed by atoms with Crippen molar-refractivity contribution in [1.29, 1.82) is 0 Å². The van der Waals surface area contributed by atoms with Crippen LogP contribution in [0, 0.1) is 0 Å². The molecule has 0 aromatic heterocycles. The molecule has 0 spiro atoms. The number of hydrogen-bond acceptors (Lipinski definition) is 3. The van der Waals surface area contributed by atoms with Crippen molar-refractivity contribution in [1.82, 2.24) is 0 Å². The van der Waals surface area contributed by atoms with Gasteiger partial charge >= 0.3 is 6.09 Å². The van der Waals surface area contributed by atoms with Gasteiger partial charge in [-0.3, -0.25) is 5.32 Å². The normalized spacial score (nSPS) is 22.8. The summed E-state index contributed by atoms with van der Waals surface area (Å²) in [5.41, 5.74) is 6.33. The molecule has 1 fully saturated rings. The highest BCUT2D eigenvalue weighted by Gasteiger charge is 2.27. The Morgan fingerprint density at radius 2 is 1.94 bits per heavy atom. The van der Waals surface area contributed by atoms with Gasteiger partial charge in [0.05, 0.1) is 0 Å². The molecule has 3 N–H and O–H groups in total. The Morgan fingerprint density at radius 3 is 2.50 bits per heavy atom. The second-order valence-corrected chi connectivity index (χ2v) is 5.19. The molecule has 98 valence electrons. The molecule has 0 saturated heterocycles. The molecule has 1 amide bonds. The first-order valence-electron chi connectivity index (χ1n) is 5.74. The van der Waals surface area contributed by atoms with Crippen molar-refractivity contribution in [3.63, 3.8) is 0 Å². The van der Waals surface area contributed by atoms with Crippen molar-refractivity contribution >= 4 is 35.0 Å². The molecule has 0 heterocycles. The number of benzene rings is 1. The lowest BCUT2D eigenvalue weighted by Crippen LogP contribution is -2.34. The summed E-state index contributed by atoms with van der Waals surface area (Å²) in [4.78, 5) is 11.7. The third-order valence-electron chi connectivity index (χ3n) is 2.87. The van der Waals surface area contributed by atoms with Crippen molar-refractivity contribution in [3.8, 4) is 0 Å². The van der Waals surface area contributed by atoms with Gasteiger partial charge in [0.25, 0.3) is 0 Å². The molecule has 2 rings (SSSR count). The van der Waals surface area contributed by atoms with E-state index >= 15 is 0 Å². The first kappa shape index (κ1) is 13.5. The van der Waals surface area contributed by atoms with Crippen LogP contribution in [-0.4, -0.2) is 18.2 Å². The highest BCUT2D eigenvalue weighted by molar-refractivity contribution is 6.35. The number of carbonyl (C=O) groups is 1. The van der Waals surface area contributed by atoms with E-state index in [2.05, 4.69) is 5.32 Å². The summed E-state index contributed by atoms with van der Waals surface area (Å²) < 4.78 is 5.25. The lowest BCUT2D eigenvalue weighted by atomic mass is 10.2.